The van der Waals surface area contributed by atoms with Gasteiger partial charge in [0.25, 0.3) is 0 Å². The zero-order valence-corrected chi connectivity index (χ0v) is 7.72. The number of hydrazone groups is 1. The molecule has 0 atom stereocenters. The number of benzene rings is 1. The van der Waals surface area contributed by atoms with Crippen molar-refractivity contribution >= 4 is 16.9 Å². The smallest absolute Gasteiger partial charge is 0.177 e. The average molecular weight is 199 g/mol. The fraction of sp³-hybridized carbons (Fsp3) is 0.125. The summed E-state index contributed by atoms with van der Waals surface area (Å²) in [6, 6.07) is 6.33. The van der Waals surface area contributed by atoms with E-state index in [1.165, 1.54) is 23.9 Å². The minimum absolute atomic E-state index is 0.249. The van der Waals surface area contributed by atoms with Gasteiger partial charge in [-0.15, -0.1) is 0 Å². The highest BCUT2D eigenvalue weighted by atomic mass is 32.2. The number of thioether (sulfide) groups is 1. The van der Waals surface area contributed by atoms with Crippen molar-refractivity contribution < 1.29 is 4.39 Å². The number of rotatable bonds is 2. The van der Waals surface area contributed by atoms with E-state index >= 15 is 0 Å². The highest BCUT2D eigenvalue weighted by Crippen LogP contribution is 2.12. The van der Waals surface area contributed by atoms with Crippen LogP contribution in [0, 0.1) is 5.82 Å². The van der Waals surface area contributed by atoms with Gasteiger partial charge in [-0.1, -0.05) is 23.9 Å². The molecule has 5 heteroatoms. The summed E-state index contributed by atoms with van der Waals surface area (Å²) in [5, 5.41) is 3.59. The number of hydrogen-bond acceptors (Lipinski definition) is 3. The summed E-state index contributed by atoms with van der Waals surface area (Å²) in [7, 11) is 0. The van der Waals surface area contributed by atoms with Crippen molar-refractivity contribution in [1.29, 1.82) is 0 Å². The maximum absolute atomic E-state index is 12.7. The van der Waals surface area contributed by atoms with Gasteiger partial charge < -0.3 is 11.6 Å². The lowest BCUT2D eigenvalue weighted by atomic mass is 10.2. The maximum Gasteiger partial charge on any atom is 0.177 e. The van der Waals surface area contributed by atoms with Crippen LogP contribution >= 0.6 is 11.8 Å². The van der Waals surface area contributed by atoms with Crippen molar-refractivity contribution in [2.45, 2.75) is 5.75 Å². The highest BCUT2D eigenvalue weighted by Gasteiger charge is 1.97. The van der Waals surface area contributed by atoms with Crippen LogP contribution in [-0.2, 0) is 5.75 Å². The molecule has 4 N–H and O–H groups in total. The molecule has 0 fully saturated rings. The van der Waals surface area contributed by atoms with Gasteiger partial charge in [-0.25, -0.2) is 4.39 Å². The van der Waals surface area contributed by atoms with Gasteiger partial charge in [-0.2, -0.15) is 5.10 Å². The van der Waals surface area contributed by atoms with Crippen LogP contribution < -0.4 is 11.6 Å². The molecule has 0 heterocycles. The van der Waals surface area contributed by atoms with Crippen molar-refractivity contribution in [3.63, 3.8) is 0 Å². The Morgan fingerprint density at radius 3 is 2.92 bits per heavy atom. The van der Waals surface area contributed by atoms with Gasteiger partial charge in [0.05, 0.1) is 0 Å². The van der Waals surface area contributed by atoms with Crippen LogP contribution in [0.25, 0.3) is 0 Å². The van der Waals surface area contributed by atoms with E-state index in [0.717, 1.165) is 5.56 Å². The van der Waals surface area contributed by atoms with E-state index < -0.39 is 0 Å². The van der Waals surface area contributed by atoms with Gasteiger partial charge in [0, 0.05) is 5.75 Å². The van der Waals surface area contributed by atoms with E-state index in [9.17, 15) is 4.39 Å². The van der Waals surface area contributed by atoms with Crippen LogP contribution in [-0.4, -0.2) is 5.17 Å². The van der Waals surface area contributed by atoms with Crippen molar-refractivity contribution in [3.8, 4) is 0 Å². The molecule has 0 spiro atoms. The summed E-state index contributed by atoms with van der Waals surface area (Å²) in [5.41, 5.74) is 6.21. The number of hydrogen-bond donors (Lipinski definition) is 2. The van der Waals surface area contributed by atoms with Gasteiger partial charge in [0.15, 0.2) is 5.17 Å². The molecular weight excluding hydrogens is 189 g/mol. The second-order valence-electron chi connectivity index (χ2n) is 2.39. The first-order valence-corrected chi connectivity index (χ1v) is 4.61. The second-order valence-corrected chi connectivity index (χ2v) is 3.38. The van der Waals surface area contributed by atoms with Crippen LogP contribution in [0.1, 0.15) is 5.56 Å². The third kappa shape index (κ3) is 3.33. The van der Waals surface area contributed by atoms with E-state index in [0.29, 0.717) is 10.9 Å². The summed E-state index contributed by atoms with van der Waals surface area (Å²) in [4.78, 5) is 0. The number of nitrogens with two attached hydrogens (primary N) is 2. The van der Waals surface area contributed by atoms with E-state index in [1.807, 2.05) is 6.07 Å². The van der Waals surface area contributed by atoms with Crippen molar-refractivity contribution in [3.05, 3.63) is 35.6 Å². The fourth-order valence-corrected chi connectivity index (χ4v) is 1.39. The van der Waals surface area contributed by atoms with E-state index in [-0.39, 0.29) is 5.82 Å². The van der Waals surface area contributed by atoms with Crippen molar-refractivity contribution in [2.75, 3.05) is 0 Å². The number of halogens is 1. The third-order valence-corrected chi connectivity index (χ3v) is 2.28. The van der Waals surface area contributed by atoms with Crippen LogP contribution in [0.2, 0.25) is 0 Å². The number of amidine groups is 1. The Bertz CT molecular complexity index is 314. The first-order valence-electron chi connectivity index (χ1n) is 3.63. The standard InChI is InChI=1S/C8H10FN3S/c9-7-3-1-2-6(4-7)5-13-8(10)12-11/h1-4H,5,11H2,(H2,10,12). The van der Waals surface area contributed by atoms with Crippen molar-refractivity contribution in [1.82, 2.24) is 0 Å². The summed E-state index contributed by atoms with van der Waals surface area (Å²) >= 11 is 1.27. The molecule has 1 rings (SSSR count). The lowest BCUT2D eigenvalue weighted by molar-refractivity contribution is 0.626. The molecule has 0 bridgehead atoms. The summed E-state index contributed by atoms with van der Waals surface area (Å²) < 4.78 is 12.7. The Balaban J connectivity index is 2.55. The zero-order chi connectivity index (χ0) is 9.68. The molecule has 0 radical (unpaired) electrons. The SMILES string of the molecule is NN=C(N)SCc1cccc(F)c1. The number of nitrogens with zero attached hydrogens (tertiary/aromatic N) is 1. The quantitative estimate of drug-likeness (QED) is 0.326. The molecule has 0 saturated heterocycles. The predicted octanol–water partition coefficient (Wildman–Crippen LogP) is 1.25. The van der Waals surface area contributed by atoms with Gasteiger partial charge in [0.1, 0.15) is 5.82 Å². The largest absolute Gasteiger partial charge is 0.377 e. The molecular formula is C8H10FN3S. The van der Waals surface area contributed by atoms with Crippen LogP contribution in [0.4, 0.5) is 4.39 Å². The van der Waals surface area contributed by atoms with Crippen LogP contribution in [0.15, 0.2) is 29.4 Å². The zero-order valence-electron chi connectivity index (χ0n) is 6.90. The normalized spacial score (nSPS) is 11.6. The summed E-state index contributed by atoms with van der Waals surface area (Å²) in [6.45, 7) is 0. The summed E-state index contributed by atoms with van der Waals surface area (Å²) in [6.07, 6.45) is 0. The molecule has 3 nitrogen and oxygen atoms in total. The Morgan fingerprint density at radius 2 is 2.31 bits per heavy atom. The second kappa shape index (κ2) is 4.71. The van der Waals surface area contributed by atoms with Gasteiger partial charge >= 0.3 is 0 Å². The molecule has 1 aromatic carbocycles. The lowest BCUT2D eigenvalue weighted by Gasteiger charge is -1.99. The van der Waals surface area contributed by atoms with Crippen molar-refractivity contribution in [2.24, 2.45) is 16.7 Å². The van der Waals surface area contributed by atoms with Gasteiger partial charge in [0.2, 0.25) is 0 Å². The van der Waals surface area contributed by atoms with E-state index in [4.69, 9.17) is 11.6 Å². The maximum atomic E-state index is 12.7. The molecule has 0 aliphatic carbocycles. The Kier molecular flexibility index (Phi) is 3.57. The Hall–Kier alpha value is -1.23. The molecule has 0 unspecified atom stereocenters. The molecule has 0 aliphatic heterocycles. The average Bonchev–Trinajstić information content (AvgIpc) is 2.14. The minimum atomic E-state index is -0.249. The summed E-state index contributed by atoms with van der Waals surface area (Å²) in [5.74, 6) is 5.26. The Morgan fingerprint density at radius 1 is 1.54 bits per heavy atom. The topological polar surface area (TPSA) is 64.4 Å². The minimum Gasteiger partial charge on any atom is -0.377 e. The van der Waals surface area contributed by atoms with Crippen LogP contribution in [0.5, 0.6) is 0 Å². The molecule has 0 aliphatic rings. The third-order valence-electron chi connectivity index (χ3n) is 1.40. The van der Waals surface area contributed by atoms with Gasteiger partial charge in [-0.3, -0.25) is 0 Å². The molecule has 70 valence electrons. The predicted molar refractivity (Wildman–Crippen MR) is 53.5 cm³/mol. The Labute approximate surface area is 80.0 Å². The molecule has 0 saturated carbocycles. The molecule has 13 heavy (non-hydrogen) atoms. The first kappa shape index (κ1) is 9.85. The molecule has 1 aromatic rings. The monoisotopic (exact) mass is 199 g/mol. The first-order chi connectivity index (χ1) is 6.22. The lowest BCUT2D eigenvalue weighted by Crippen LogP contribution is -2.09. The van der Waals surface area contributed by atoms with Crippen LogP contribution in [0.3, 0.4) is 0 Å². The van der Waals surface area contributed by atoms with Gasteiger partial charge in [-0.05, 0) is 17.7 Å². The fourth-order valence-electron chi connectivity index (χ4n) is 0.821. The molecule has 0 amide bonds. The van der Waals surface area contributed by atoms with E-state index in [2.05, 4.69) is 5.10 Å². The highest BCUT2D eigenvalue weighted by molar-refractivity contribution is 8.13. The van der Waals surface area contributed by atoms with E-state index in [1.54, 1.807) is 6.07 Å². The molecule has 0 aromatic heterocycles.